The third-order valence-corrected chi connectivity index (χ3v) is 3.78. The molecule has 0 saturated heterocycles. The Morgan fingerprint density at radius 1 is 0.759 bits per heavy atom. The van der Waals surface area contributed by atoms with Crippen LogP contribution in [0.2, 0.25) is 0 Å². The molecule has 0 spiro atoms. The van der Waals surface area contributed by atoms with Crippen molar-refractivity contribution in [2.75, 3.05) is 13.2 Å². The Balaban J connectivity index is 1.64. The number of nitrogens with zero attached hydrogens (tertiary/aromatic N) is 2. The summed E-state index contributed by atoms with van der Waals surface area (Å²) >= 11 is 0. The lowest BCUT2D eigenvalue weighted by atomic mass is 10.1. The van der Waals surface area contributed by atoms with Gasteiger partial charge in [0.25, 0.3) is 11.4 Å². The first-order valence-corrected chi connectivity index (χ1v) is 8.63. The minimum atomic E-state index is -0.542. The highest BCUT2D eigenvalue weighted by molar-refractivity contribution is 5.73. The molecule has 0 aliphatic rings. The van der Waals surface area contributed by atoms with Crippen molar-refractivity contribution in [2.24, 2.45) is 0 Å². The predicted octanol–water partition coefficient (Wildman–Crippen LogP) is 2.76. The van der Waals surface area contributed by atoms with Crippen LogP contribution in [0.1, 0.15) is 17.5 Å². The standard InChI is InChI=1S/C19H18N2O8/c22-18(12-14-5-7-16(8-6-14)20(24)25)28-9-2-10-29-19(23)13-15-3-1-4-17(11-15)21(26)27/h1,3-8,11H,2,9-10,12-13H2. The predicted molar refractivity (Wildman–Crippen MR) is 100 cm³/mol. The minimum absolute atomic E-state index is 0.0232. The van der Waals surface area contributed by atoms with Crippen molar-refractivity contribution in [1.29, 1.82) is 0 Å². The van der Waals surface area contributed by atoms with Crippen LogP contribution in [0.15, 0.2) is 48.5 Å². The summed E-state index contributed by atoms with van der Waals surface area (Å²) in [6.45, 7) is 0.0917. The van der Waals surface area contributed by atoms with Gasteiger partial charge in [0.15, 0.2) is 0 Å². The number of esters is 2. The fourth-order valence-corrected chi connectivity index (χ4v) is 2.38. The lowest BCUT2D eigenvalue weighted by Gasteiger charge is -2.07. The molecule has 0 aliphatic heterocycles. The molecule has 152 valence electrons. The summed E-state index contributed by atoms with van der Waals surface area (Å²) in [5, 5.41) is 21.3. The van der Waals surface area contributed by atoms with E-state index >= 15 is 0 Å². The number of carbonyl (C=O) groups is 2. The van der Waals surface area contributed by atoms with Gasteiger partial charge < -0.3 is 9.47 Å². The monoisotopic (exact) mass is 402 g/mol. The maximum absolute atomic E-state index is 11.8. The van der Waals surface area contributed by atoms with Crippen LogP contribution in [0.4, 0.5) is 11.4 Å². The Kier molecular flexibility index (Phi) is 7.78. The molecule has 0 aromatic heterocycles. The average molecular weight is 402 g/mol. The highest BCUT2D eigenvalue weighted by Gasteiger charge is 2.11. The molecule has 0 heterocycles. The van der Waals surface area contributed by atoms with Crippen LogP contribution >= 0.6 is 0 Å². The number of nitro groups is 2. The first-order chi connectivity index (χ1) is 13.8. The van der Waals surface area contributed by atoms with Gasteiger partial charge in [-0.3, -0.25) is 29.8 Å². The minimum Gasteiger partial charge on any atom is -0.465 e. The third kappa shape index (κ3) is 7.37. The second-order valence-corrected chi connectivity index (χ2v) is 6.00. The molecule has 0 fully saturated rings. The van der Waals surface area contributed by atoms with Gasteiger partial charge >= 0.3 is 11.9 Å². The molecule has 2 rings (SSSR count). The Labute approximate surface area is 165 Å². The number of ether oxygens (including phenoxy) is 2. The van der Waals surface area contributed by atoms with E-state index in [1.165, 1.54) is 42.5 Å². The number of benzene rings is 2. The van der Waals surface area contributed by atoms with Crippen LogP contribution in [0.3, 0.4) is 0 Å². The first-order valence-electron chi connectivity index (χ1n) is 8.63. The van der Waals surface area contributed by atoms with Crippen molar-refractivity contribution < 1.29 is 28.9 Å². The largest absolute Gasteiger partial charge is 0.465 e. The van der Waals surface area contributed by atoms with Gasteiger partial charge in [0.1, 0.15) is 0 Å². The zero-order chi connectivity index (χ0) is 21.2. The van der Waals surface area contributed by atoms with E-state index in [1.807, 2.05) is 0 Å². The first kappa shape index (κ1) is 21.5. The molecule has 29 heavy (non-hydrogen) atoms. The van der Waals surface area contributed by atoms with Crippen LogP contribution < -0.4 is 0 Å². The van der Waals surface area contributed by atoms with Crippen LogP contribution in [0, 0.1) is 20.2 Å². The highest BCUT2D eigenvalue weighted by atomic mass is 16.6. The molecule has 0 aliphatic carbocycles. The smallest absolute Gasteiger partial charge is 0.310 e. The number of hydrogen-bond donors (Lipinski definition) is 0. The summed E-state index contributed by atoms with van der Waals surface area (Å²) in [4.78, 5) is 43.7. The summed E-state index contributed by atoms with van der Waals surface area (Å²) in [6, 6.07) is 11.3. The maximum Gasteiger partial charge on any atom is 0.310 e. The SMILES string of the molecule is O=C(Cc1ccc([N+](=O)[O-])cc1)OCCCOC(=O)Cc1cccc([N+](=O)[O-])c1. The number of carbonyl (C=O) groups excluding carboxylic acids is 2. The third-order valence-electron chi connectivity index (χ3n) is 3.78. The maximum atomic E-state index is 11.8. The van der Waals surface area contributed by atoms with E-state index in [2.05, 4.69) is 0 Å². The fourth-order valence-electron chi connectivity index (χ4n) is 2.38. The Hall–Kier alpha value is -3.82. The summed E-state index contributed by atoms with van der Waals surface area (Å²) in [6.07, 6.45) is 0.179. The Morgan fingerprint density at radius 2 is 1.31 bits per heavy atom. The summed E-state index contributed by atoms with van der Waals surface area (Å²) in [5.74, 6) is -1.04. The van der Waals surface area contributed by atoms with Gasteiger partial charge in [0.2, 0.25) is 0 Å². The van der Waals surface area contributed by atoms with Gasteiger partial charge in [-0.1, -0.05) is 24.3 Å². The summed E-state index contributed by atoms with van der Waals surface area (Å²) in [5.41, 5.74) is 0.895. The van der Waals surface area contributed by atoms with Crippen molar-refractivity contribution in [3.63, 3.8) is 0 Å². The van der Waals surface area contributed by atoms with E-state index in [0.717, 1.165) is 0 Å². The topological polar surface area (TPSA) is 139 Å². The van der Waals surface area contributed by atoms with Crippen LogP contribution in [0.25, 0.3) is 0 Å². The van der Waals surface area contributed by atoms with E-state index in [-0.39, 0.29) is 37.4 Å². The molecule has 2 aromatic rings. The molecular formula is C19H18N2O8. The summed E-state index contributed by atoms with van der Waals surface area (Å²) in [7, 11) is 0. The van der Waals surface area contributed by atoms with Gasteiger partial charge in [0, 0.05) is 30.7 Å². The number of rotatable bonds is 10. The van der Waals surface area contributed by atoms with Gasteiger partial charge in [-0.05, 0) is 11.1 Å². The van der Waals surface area contributed by atoms with Crippen molar-refractivity contribution in [2.45, 2.75) is 19.3 Å². The Morgan fingerprint density at radius 3 is 1.86 bits per heavy atom. The average Bonchev–Trinajstić information content (AvgIpc) is 2.68. The molecular weight excluding hydrogens is 384 g/mol. The number of non-ortho nitro benzene ring substituents is 2. The molecule has 0 atom stereocenters. The Bertz CT molecular complexity index is 895. The summed E-state index contributed by atoms with van der Waals surface area (Å²) < 4.78 is 10.0. The van der Waals surface area contributed by atoms with E-state index in [1.54, 1.807) is 6.07 Å². The van der Waals surface area contributed by atoms with E-state index < -0.39 is 21.8 Å². The lowest BCUT2D eigenvalue weighted by molar-refractivity contribution is -0.385. The van der Waals surface area contributed by atoms with Gasteiger partial charge in [-0.15, -0.1) is 0 Å². The molecule has 10 nitrogen and oxygen atoms in total. The molecule has 10 heteroatoms. The molecule has 0 saturated carbocycles. The van der Waals surface area contributed by atoms with Crippen molar-refractivity contribution in [3.8, 4) is 0 Å². The highest BCUT2D eigenvalue weighted by Crippen LogP contribution is 2.14. The lowest BCUT2D eigenvalue weighted by Crippen LogP contribution is -2.13. The number of hydrogen-bond acceptors (Lipinski definition) is 8. The van der Waals surface area contributed by atoms with Gasteiger partial charge in [-0.2, -0.15) is 0 Å². The van der Waals surface area contributed by atoms with E-state index in [9.17, 15) is 29.8 Å². The van der Waals surface area contributed by atoms with Crippen LogP contribution in [-0.4, -0.2) is 35.0 Å². The van der Waals surface area contributed by atoms with Crippen molar-refractivity contribution in [3.05, 3.63) is 79.9 Å². The molecule has 0 bridgehead atoms. The van der Waals surface area contributed by atoms with Crippen LogP contribution in [0.5, 0.6) is 0 Å². The zero-order valence-corrected chi connectivity index (χ0v) is 15.3. The van der Waals surface area contributed by atoms with Crippen molar-refractivity contribution >= 4 is 23.3 Å². The van der Waals surface area contributed by atoms with E-state index in [4.69, 9.17) is 9.47 Å². The normalized spacial score (nSPS) is 10.2. The molecule has 0 unspecified atom stereocenters. The fraction of sp³-hybridized carbons (Fsp3) is 0.263. The van der Waals surface area contributed by atoms with Gasteiger partial charge in [-0.25, -0.2) is 0 Å². The van der Waals surface area contributed by atoms with Crippen molar-refractivity contribution in [1.82, 2.24) is 0 Å². The second kappa shape index (κ2) is 10.5. The molecule has 0 radical (unpaired) electrons. The molecule has 2 aromatic carbocycles. The molecule has 0 amide bonds. The number of nitro benzene ring substituents is 2. The van der Waals surface area contributed by atoms with E-state index in [0.29, 0.717) is 17.5 Å². The quantitative estimate of drug-likeness (QED) is 0.256. The van der Waals surface area contributed by atoms with Crippen LogP contribution in [-0.2, 0) is 31.9 Å². The molecule has 0 N–H and O–H groups in total. The zero-order valence-electron chi connectivity index (χ0n) is 15.3. The van der Waals surface area contributed by atoms with Gasteiger partial charge in [0.05, 0.1) is 35.9 Å². The second-order valence-electron chi connectivity index (χ2n) is 6.00.